The SMILES string of the molecule is O=C(Nc1ccc(Cc2nc3ccccc3s2)cc1)c1ccc(Cl)cc1. The fourth-order valence-corrected chi connectivity index (χ4v) is 3.81. The highest BCUT2D eigenvalue weighted by Crippen LogP contribution is 2.24. The zero-order valence-corrected chi connectivity index (χ0v) is 15.3. The van der Waals surface area contributed by atoms with Gasteiger partial charge in [0.1, 0.15) is 0 Å². The molecule has 1 amide bonds. The van der Waals surface area contributed by atoms with Crippen LogP contribution in [-0.2, 0) is 6.42 Å². The Morgan fingerprint density at radius 2 is 1.69 bits per heavy atom. The number of para-hydroxylation sites is 1. The molecule has 0 atom stereocenters. The van der Waals surface area contributed by atoms with Crippen molar-refractivity contribution >= 4 is 44.7 Å². The number of hydrogen-bond acceptors (Lipinski definition) is 3. The molecule has 1 N–H and O–H groups in total. The first-order valence-corrected chi connectivity index (χ1v) is 9.37. The Hall–Kier alpha value is -2.69. The van der Waals surface area contributed by atoms with Crippen LogP contribution in [0.4, 0.5) is 5.69 Å². The van der Waals surface area contributed by atoms with Gasteiger partial charge in [-0.2, -0.15) is 0 Å². The molecule has 0 spiro atoms. The number of carbonyl (C=O) groups is 1. The maximum atomic E-state index is 12.2. The van der Waals surface area contributed by atoms with E-state index in [2.05, 4.69) is 16.4 Å². The summed E-state index contributed by atoms with van der Waals surface area (Å²) >= 11 is 7.56. The number of anilines is 1. The third-order valence-electron chi connectivity index (χ3n) is 4.01. The van der Waals surface area contributed by atoms with E-state index in [4.69, 9.17) is 11.6 Å². The molecule has 0 fully saturated rings. The first-order valence-electron chi connectivity index (χ1n) is 8.18. The highest BCUT2D eigenvalue weighted by atomic mass is 35.5. The summed E-state index contributed by atoms with van der Waals surface area (Å²) in [6, 6.07) is 22.8. The van der Waals surface area contributed by atoms with E-state index in [-0.39, 0.29) is 5.91 Å². The minimum absolute atomic E-state index is 0.152. The fraction of sp³-hybridized carbons (Fsp3) is 0.0476. The predicted octanol–water partition coefficient (Wildman–Crippen LogP) is 5.79. The molecule has 26 heavy (non-hydrogen) atoms. The van der Waals surface area contributed by atoms with Crippen LogP contribution in [-0.4, -0.2) is 10.9 Å². The lowest BCUT2D eigenvalue weighted by atomic mass is 10.1. The van der Waals surface area contributed by atoms with Gasteiger partial charge in [0.25, 0.3) is 5.91 Å². The van der Waals surface area contributed by atoms with Gasteiger partial charge in [0.15, 0.2) is 0 Å². The van der Waals surface area contributed by atoms with Crippen LogP contribution in [0, 0.1) is 0 Å². The van der Waals surface area contributed by atoms with Gasteiger partial charge in [-0.15, -0.1) is 11.3 Å². The monoisotopic (exact) mass is 378 g/mol. The molecule has 3 aromatic carbocycles. The van der Waals surface area contributed by atoms with Crippen LogP contribution in [0.2, 0.25) is 5.02 Å². The second kappa shape index (κ2) is 7.28. The van der Waals surface area contributed by atoms with Gasteiger partial charge in [0.05, 0.1) is 15.2 Å². The van der Waals surface area contributed by atoms with Gasteiger partial charge < -0.3 is 5.32 Å². The van der Waals surface area contributed by atoms with Crippen LogP contribution < -0.4 is 5.32 Å². The smallest absolute Gasteiger partial charge is 0.255 e. The van der Waals surface area contributed by atoms with Crippen LogP contribution in [0.5, 0.6) is 0 Å². The van der Waals surface area contributed by atoms with Crippen molar-refractivity contribution in [3.63, 3.8) is 0 Å². The van der Waals surface area contributed by atoms with E-state index in [9.17, 15) is 4.79 Å². The Morgan fingerprint density at radius 1 is 0.962 bits per heavy atom. The summed E-state index contributed by atoms with van der Waals surface area (Å²) in [5.74, 6) is -0.152. The van der Waals surface area contributed by atoms with Gasteiger partial charge in [-0.1, -0.05) is 35.9 Å². The van der Waals surface area contributed by atoms with Crippen molar-refractivity contribution in [1.82, 2.24) is 4.98 Å². The van der Waals surface area contributed by atoms with Crippen molar-refractivity contribution in [1.29, 1.82) is 0 Å². The number of amides is 1. The van der Waals surface area contributed by atoms with Crippen LogP contribution in [0.15, 0.2) is 72.8 Å². The molecule has 5 heteroatoms. The zero-order valence-electron chi connectivity index (χ0n) is 13.8. The quantitative estimate of drug-likeness (QED) is 0.488. The third-order valence-corrected chi connectivity index (χ3v) is 5.30. The standard InChI is InChI=1S/C21H15ClN2OS/c22-16-9-7-15(8-10-16)21(25)23-17-11-5-14(6-12-17)13-20-24-18-3-1-2-4-19(18)26-20/h1-12H,13H2,(H,23,25). The van der Waals surface area contributed by atoms with Crippen molar-refractivity contribution in [2.45, 2.75) is 6.42 Å². The average molecular weight is 379 g/mol. The number of benzene rings is 3. The molecule has 0 saturated carbocycles. The molecule has 0 unspecified atom stereocenters. The molecule has 0 aliphatic rings. The van der Waals surface area contributed by atoms with Crippen LogP contribution in [0.3, 0.4) is 0 Å². The summed E-state index contributed by atoms with van der Waals surface area (Å²) in [7, 11) is 0. The molecular formula is C21H15ClN2OS. The van der Waals surface area contributed by atoms with Crippen molar-refractivity contribution in [2.24, 2.45) is 0 Å². The largest absolute Gasteiger partial charge is 0.322 e. The minimum Gasteiger partial charge on any atom is -0.322 e. The number of thiazole rings is 1. The second-order valence-electron chi connectivity index (χ2n) is 5.91. The highest BCUT2D eigenvalue weighted by Gasteiger charge is 2.07. The number of hydrogen-bond donors (Lipinski definition) is 1. The van der Waals surface area contributed by atoms with Crippen molar-refractivity contribution < 1.29 is 4.79 Å². The highest BCUT2D eigenvalue weighted by molar-refractivity contribution is 7.18. The lowest BCUT2D eigenvalue weighted by Gasteiger charge is -2.06. The van der Waals surface area contributed by atoms with Crippen molar-refractivity contribution in [2.75, 3.05) is 5.32 Å². The summed E-state index contributed by atoms with van der Waals surface area (Å²) in [6.07, 6.45) is 0.782. The normalized spacial score (nSPS) is 10.8. The van der Waals surface area contributed by atoms with Crippen LogP contribution in [0.1, 0.15) is 20.9 Å². The van der Waals surface area contributed by atoms with Gasteiger partial charge in [0.2, 0.25) is 0 Å². The molecule has 0 bridgehead atoms. The maximum absolute atomic E-state index is 12.2. The lowest BCUT2D eigenvalue weighted by Crippen LogP contribution is -2.11. The average Bonchev–Trinajstić information content (AvgIpc) is 3.06. The number of nitrogens with one attached hydrogen (secondary N) is 1. The van der Waals surface area contributed by atoms with Crippen molar-refractivity contribution in [3.8, 4) is 0 Å². The molecule has 4 aromatic rings. The molecule has 0 aliphatic carbocycles. The summed E-state index contributed by atoms with van der Waals surface area (Å²) < 4.78 is 1.20. The van der Waals surface area contributed by atoms with E-state index in [1.807, 2.05) is 42.5 Å². The van der Waals surface area contributed by atoms with E-state index in [1.165, 1.54) is 4.70 Å². The predicted molar refractivity (Wildman–Crippen MR) is 108 cm³/mol. The maximum Gasteiger partial charge on any atom is 0.255 e. The molecular weight excluding hydrogens is 364 g/mol. The van der Waals surface area contributed by atoms with E-state index >= 15 is 0 Å². The molecule has 0 aliphatic heterocycles. The van der Waals surface area contributed by atoms with Gasteiger partial charge in [0, 0.05) is 22.7 Å². The molecule has 0 saturated heterocycles. The number of aromatic nitrogens is 1. The fourth-order valence-electron chi connectivity index (χ4n) is 2.68. The Balaban J connectivity index is 1.44. The number of carbonyl (C=O) groups excluding carboxylic acids is 1. The summed E-state index contributed by atoms with van der Waals surface area (Å²) in [4.78, 5) is 16.9. The van der Waals surface area contributed by atoms with E-state index < -0.39 is 0 Å². The molecule has 128 valence electrons. The van der Waals surface area contributed by atoms with E-state index in [0.717, 1.165) is 28.2 Å². The topological polar surface area (TPSA) is 42.0 Å². The Bertz CT molecular complexity index is 1020. The second-order valence-corrected chi connectivity index (χ2v) is 7.46. The summed E-state index contributed by atoms with van der Waals surface area (Å²) in [5, 5.41) is 4.59. The van der Waals surface area contributed by atoms with Gasteiger partial charge in [-0.25, -0.2) is 4.98 Å². The molecule has 3 nitrogen and oxygen atoms in total. The van der Waals surface area contributed by atoms with Gasteiger partial charge in [-0.05, 0) is 54.1 Å². The first kappa shape index (κ1) is 16.8. The molecule has 1 heterocycles. The number of nitrogens with zero attached hydrogens (tertiary/aromatic N) is 1. The Labute approximate surface area is 160 Å². The van der Waals surface area contributed by atoms with Gasteiger partial charge in [-0.3, -0.25) is 4.79 Å². The lowest BCUT2D eigenvalue weighted by molar-refractivity contribution is 0.102. The molecule has 1 aromatic heterocycles. The molecule has 0 radical (unpaired) electrons. The van der Waals surface area contributed by atoms with Gasteiger partial charge >= 0.3 is 0 Å². The minimum atomic E-state index is -0.152. The number of rotatable bonds is 4. The first-order chi connectivity index (χ1) is 12.7. The Morgan fingerprint density at radius 3 is 2.42 bits per heavy atom. The Kier molecular flexibility index (Phi) is 4.69. The van der Waals surface area contributed by atoms with E-state index in [0.29, 0.717) is 10.6 Å². The summed E-state index contributed by atoms with van der Waals surface area (Å²) in [5.41, 5.74) is 3.54. The number of fused-ring (bicyclic) bond motifs is 1. The third kappa shape index (κ3) is 3.77. The van der Waals surface area contributed by atoms with E-state index in [1.54, 1.807) is 35.6 Å². The molecule has 4 rings (SSSR count). The van der Waals surface area contributed by atoms with Crippen LogP contribution >= 0.6 is 22.9 Å². The zero-order chi connectivity index (χ0) is 17.9. The van der Waals surface area contributed by atoms with Crippen molar-refractivity contribution in [3.05, 3.63) is 94.0 Å². The van der Waals surface area contributed by atoms with Crippen LogP contribution in [0.25, 0.3) is 10.2 Å². The number of halogens is 1. The summed E-state index contributed by atoms with van der Waals surface area (Å²) in [6.45, 7) is 0.